The van der Waals surface area contributed by atoms with Crippen molar-refractivity contribution in [1.82, 2.24) is 9.47 Å². The molecule has 3 atom stereocenters. The predicted octanol–water partition coefficient (Wildman–Crippen LogP) is 3.93. The van der Waals surface area contributed by atoms with Crippen LogP contribution in [0.1, 0.15) is 56.0 Å². The van der Waals surface area contributed by atoms with Gasteiger partial charge in [0.05, 0.1) is 11.0 Å². The van der Waals surface area contributed by atoms with Crippen LogP contribution in [-0.2, 0) is 16.8 Å². The van der Waals surface area contributed by atoms with Crippen LogP contribution in [0.15, 0.2) is 48.8 Å². The summed E-state index contributed by atoms with van der Waals surface area (Å²) in [4.78, 5) is 27.6. The molecule has 28 heavy (non-hydrogen) atoms. The van der Waals surface area contributed by atoms with Crippen LogP contribution in [0.25, 0.3) is 0 Å². The molecular weight excluding hydrogens is 352 g/mol. The van der Waals surface area contributed by atoms with Crippen molar-refractivity contribution in [2.24, 2.45) is 5.41 Å². The molecule has 5 nitrogen and oxygen atoms in total. The molecule has 0 radical (unpaired) electrons. The third-order valence-electron chi connectivity index (χ3n) is 6.48. The predicted molar refractivity (Wildman–Crippen MR) is 107 cm³/mol. The topological polar surface area (TPSA) is 62.5 Å². The fourth-order valence-electron chi connectivity index (χ4n) is 5.03. The van der Waals surface area contributed by atoms with Gasteiger partial charge in [0.1, 0.15) is 0 Å². The standard InChI is InChI=1S/C23H28N2O3/c1-22(2,3)24-12-11-17(15-24)20(26)25-18-9-10-19(25)23(14-18,21(27)28)13-16-7-5-4-6-8-16/h4-8,11-12,15,18-19H,9-10,13-14H2,1-3H3,(H,27,28)/t18-,19+,23+/m0/s1. The maximum atomic E-state index is 13.3. The van der Waals surface area contributed by atoms with Crippen LogP contribution < -0.4 is 0 Å². The Balaban J connectivity index is 1.64. The number of nitrogens with zero attached hydrogens (tertiary/aromatic N) is 2. The molecule has 2 aliphatic heterocycles. The maximum Gasteiger partial charge on any atom is 0.312 e. The summed E-state index contributed by atoms with van der Waals surface area (Å²) in [6.07, 6.45) is 6.47. The highest BCUT2D eigenvalue weighted by Crippen LogP contribution is 2.52. The Bertz CT molecular complexity index is 896. The van der Waals surface area contributed by atoms with Crippen LogP contribution >= 0.6 is 0 Å². The number of benzene rings is 1. The molecule has 1 aromatic carbocycles. The minimum absolute atomic E-state index is 0.00954. The van der Waals surface area contributed by atoms with Gasteiger partial charge in [-0.25, -0.2) is 0 Å². The fraction of sp³-hybridized carbons (Fsp3) is 0.478. The van der Waals surface area contributed by atoms with Crippen LogP contribution in [-0.4, -0.2) is 38.5 Å². The van der Waals surface area contributed by atoms with Gasteiger partial charge in [0, 0.05) is 30.0 Å². The summed E-state index contributed by atoms with van der Waals surface area (Å²) in [6.45, 7) is 6.28. The van der Waals surface area contributed by atoms with Crippen molar-refractivity contribution in [3.63, 3.8) is 0 Å². The average molecular weight is 380 g/mol. The Morgan fingerprint density at radius 3 is 2.46 bits per heavy atom. The first kappa shape index (κ1) is 18.8. The molecule has 4 rings (SSSR count). The van der Waals surface area contributed by atoms with Gasteiger partial charge < -0.3 is 14.6 Å². The number of amides is 1. The van der Waals surface area contributed by atoms with Crippen LogP contribution in [0.3, 0.4) is 0 Å². The lowest BCUT2D eigenvalue weighted by atomic mass is 9.70. The van der Waals surface area contributed by atoms with Gasteiger partial charge in [0.25, 0.3) is 5.91 Å². The quantitative estimate of drug-likeness (QED) is 0.874. The zero-order valence-corrected chi connectivity index (χ0v) is 16.8. The van der Waals surface area contributed by atoms with E-state index >= 15 is 0 Å². The lowest BCUT2D eigenvalue weighted by Gasteiger charge is -2.33. The highest BCUT2D eigenvalue weighted by atomic mass is 16.4. The highest BCUT2D eigenvalue weighted by Gasteiger charge is 2.61. The smallest absolute Gasteiger partial charge is 0.312 e. The van der Waals surface area contributed by atoms with E-state index in [2.05, 4.69) is 20.8 Å². The molecule has 0 unspecified atom stereocenters. The van der Waals surface area contributed by atoms with Gasteiger partial charge >= 0.3 is 5.97 Å². The normalized spacial score (nSPS) is 26.6. The number of fused-ring (bicyclic) bond motifs is 2. The molecule has 148 valence electrons. The summed E-state index contributed by atoms with van der Waals surface area (Å²) in [5.41, 5.74) is 0.671. The Morgan fingerprint density at radius 2 is 1.86 bits per heavy atom. The van der Waals surface area contributed by atoms with Gasteiger partial charge in [0.2, 0.25) is 0 Å². The second-order valence-electron chi connectivity index (χ2n) is 9.27. The average Bonchev–Trinajstić information content (AvgIpc) is 3.35. The zero-order valence-electron chi connectivity index (χ0n) is 16.8. The molecule has 0 saturated carbocycles. The summed E-state index contributed by atoms with van der Waals surface area (Å²) in [5, 5.41) is 10.2. The minimum atomic E-state index is -0.896. The van der Waals surface area contributed by atoms with Crippen LogP contribution in [0, 0.1) is 5.41 Å². The van der Waals surface area contributed by atoms with E-state index in [1.54, 1.807) is 0 Å². The molecule has 2 bridgehead atoms. The summed E-state index contributed by atoms with van der Waals surface area (Å²) in [6, 6.07) is 11.4. The lowest BCUT2D eigenvalue weighted by Crippen LogP contribution is -2.46. The first-order valence-corrected chi connectivity index (χ1v) is 10.0. The Hall–Kier alpha value is -2.56. The number of hydrogen-bond acceptors (Lipinski definition) is 2. The number of aliphatic carboxylic acids is 1. The van der Waals surface area contributed by atoms with Gasteiger partial charge in [-0.15, -0.1) is 0 Å². The van der Waals surface area contributed by atoms with Gasteiger partial charge in [-0.3, -0.25) is 9.59 Å². The maximum absolute atomic E-state index is 13.3. The Morgan fingerprint density at radius 1 is 1.14 bits per heavy atom. The Labute approximate surface area is 166 Å². The van der Waals surface area contributed by atoms with E-state index in [4.69, 9.17) is 0 Å². The van der Waals surface area contributed by atoms with E-state index in [1.165, 1.54) is 0 Å². The minimum Gasteiger partial charge on any atom is -0.481 e. The van der Waals surface area contributed by atoms with Gasteiger partial charge in [-0.1, -0.05) is 30.3 Å². The first-order valence-electron chi connectivity index (χ1n) is 10.0. The van der Waals surface area contributed by atoms with Crippen molar-refractivity contribution in [1.29, 1.82) is 0 Å². The molecule has 3 heterocycles. The highest BCUT2D eigenvalue weighted by molar-refractivity contribution is 5.96. The fourth-order valence-corrected chi connectivity index (χ4v) is 5.03. The van der Waals surface area contributed by atoms with Crippen LogP contribution in [0.4, 0.5) is 0 Å². The van der Waals surface area contributed by atoms with Crippen molar-refractivity contribution in [2.45, 2.75) is 64.1 Å². The molecule has 2 aliphatic rings. The molecule has 2 saturated heterocycles. The van der Waals surface area contributed by atoms with E-state index in [0.29, 0.717) is 18.4 Å². The summed E-state index contributed by atoms with van der Waals surface area (Å²) in [7, 11) is 0. The lowest BCUT2D eigenvalue weighted by molar-refractivity contribution is -0.150. The van der Waals surface area contributed by atoms with E-state index in [1.807, 2.05) is 58.3 Å². The number of carbonyl (C=O) groups excluding carboxylic acids is 1. The third kappa shape index (κ3) is 2.93. The molecular formula is C23H28N2O3. The van der Waals surface area contributed by atoms with Crippen molar-refractivity contribution in [3.05, 3.63) is 59.9 Å². The second-order valence-corrected chi connectivity index (χ2v) is 9.27. The van der Waals surface area contributed by atoms with E-state index in [9.17, 15) is 14.7 Å². The largest absolute Gasteiger partial charge is 0.481 e. The molecule has 1 amide bonds. The molecule has 1 aromatic heterocycles. The molecule has 5 heteroatoms. The molecule has 2 fully saturated rings. The molecule has 2 aromatic rings. The summed E-state index contributed by atoms with van der Waals surface area (Å²) in [5.74, 6) is -0.819. The van der Waals surface area contributed by atoms with Crippen molar-refractivity contribution in [3.8, 4) is 0 Å². The van der Waals surface area contributed by atoms with E-state index in [0.717, 1.165) is 18.4 Å². The van der Waals surface area contributed by atoms with Crippen LogP contribution in [0.2, 0.25) is 0 Å². The molecule has 1 N–H and O–H groups in total. The molecule has 0 aliphatic carbocycles. The van der Waals surface area contributed by atoms with Crippen LogP contribution in [0.5, 0.6) is 0 Å². The second kappa shape index (κ2) is 6.50. The number of rotatable bonds is 4. The number of carboxylic acids is 1. The first-order chi connectivity index (χ1) is 13.2. The van der Waals surface area contributed by atoms with Gasteiger partial charge in [0.15, 0.2) is 0 Å². The molecule has 0 spiro atoms. The monoisotopic (exact) mass is 380 g/mol. The summed E-state index contributed by atoms with van der Waals surface area (Å²) < 4.78 is 2.03. The van der Waals surface area contributed by atoms with Gasteiger partial charge in [-0.05, 0) is 58.1 Å². The van der Waals surface area contributed by atoms with Crippen molar-refractivity contribution >= 4 is 11.9 Å². The van der Waals surface area contributed by atoms with Crippen molar-refractivity contribution < 1.29 is 14.7 Å². The Kier molecular flexibility index (Phi) is 4.36. The van der Waals surface area contributed by atoms with Gasteiger partial charge in [-0.2, -0.15) is 0 Å². The number of carboxylic acid groups (broad SMARTS) is 1. The van der Waals surface area contributed by atoms with E-state index in [-0.39, 0.29) is 23.5 Å². The SMILES string of the molecule is CC(C)(C)n1ccc(C(=O)N2[C@H]3CC[C@@H]2[C@](Cc2ccccc2)(C(=O)O)C3)c1. The van der Waals surface area contributed by atoms with Crippen molar-refractivity contribution in [2.75, 3.05) is 0 Å². The number of aromatic nitrogens is 1. The zero-order chi connectivity index (χ0) is 20.1. The summed E-state index contributed by atoms with van der Waals surface area (Å²) >= 11 is 0. The third-order valence-corrected chi connectivity index (χ3v) is 6.48. The van der Waals surface area contributed by atoms with E-state index < -0.39 is 11.4 Å². The number of carbonyl (C=O) groups is 2. The number of hydrogen-bond donors (Lipinski definition) is 1.